The SMILES string of the molecule is Cc1ncsc1C(O)Cc1ccc(I)cc1. The lowest BCUT2D eigenvalue weighted by atomic mass is 10.1. The van der Waals surface area contributed by atoms with Crippen molar-refractivity contribution in [1.82, 2.24) is 4.98 Å². The van der Waals surface area contributed by atoms with Crippen LogP contribution in [0.4, 0.5) is 0 Å². The fourth-order valence-electron chi connectivity index (χ4n) is 1.57. The first kappa shape index (κ1) is 12.0. The molecule has 1 unspecified atom stereocenters. The molecule has 2 rings (SSSR count). The summed E-state index contributed by atoms with van der Waals surface area (Å²) in [4.78, 5) is 5.12. The quantitative estimate of drug-likeness (QED) is 0.866. The van der Waals surface area contributed by atoms with Gasteiger partial charge in [0.1, 0.15) is 0 Å². The first-order valence-corrected chi connectivity index (χ1v) is 6.95. The predicted octanol–water partition coefficient (Wildman–Crippen LogP) is 3.33. The van der Waals surface area contributed by atoms with E-state index in [4.69, 9.17) is 0 Å². The van der Waals surface area contributed by atoms with Crippen molar-refractivity contribution in [2.45, 2.75) is 19.4 Å². The molecule has 1 heterocycles. The molecule has 4 heteroatoms. The molecule has 2 nitrogen and oxygen atoms in total. The summed E-state index contributed by atoms with van der Waals surface area (Å²) in [5.41, 5.74) is 3.87. The molecule has 16 heavy (non-hydrogen) atoms. The molecule has 84 valence electrons. The van der Waals surface area contributed by atoms with Crippen LogP contribution in [0.2, 0.25) is 0 Å². The Morgan fingerprint density at radius 1 is 1.38 bits per heavy atom. The van der Waals surface area contributed by atoms with Gasteiger partial charge in [0, 0.05) is 9.99 Å². The average Bonchev–Trinajstić information content (AvgIpc) is 2.68. The Morgan fingerprint density at radius 2 is 2.06 bits per heavy atom. The summed E-state index contributed by atoms with van der Waals surface area (Å²) in [5, 5.41) is 10.1. The van der Waals surface area contributed by atoms with Crippen LogP contribution in [0.5, 0.6) is 0 Å². The molecule has 0 bridgehead atoms. The van der Waals surface area contributed by atoms with E-state index in [2.05, 4.69) is 51.8 Å². The fourth-order valence-corrected chi connectivity index (χ4v) is 2.71. The van der Waals surface area contributed by atoms with Gasteiger partial charge in [-0.25, -0.2) is 4.98 Å². The number of benzene rings is 1. The molecule has 0 spiro atoms. The Morgan fingerprint density at radius 3 is 2.62 bits per heavy atom. The predicted molar refractivity (Wildman–Crippen MR) is 74.7 cm³/mol. The minimum absolute atomic E-state index is 0.437. The van der Waals surface area contributed by atoms with Crippen molar-refractivity contribution in [2.24, 2.45) is 0 Å². The number of aromatic nitrogens is 1. The number of hydrogen-bond acceptors (Lipinski definition) is 3. The zero-order valence-corrected chi connectivity index (χ0v) is 11.8. The van der Waals surface area contributed by atoms with Gasteiger partial charge in [0.2, 0.25) is 0 Å². The maximum Gasteiger partial charge on any atom is 0.0940 e. The molecule has 0 saturated carbocycles. The summed E-state index contributed by atoms with van der Waals surface area (Å²) in [5.74, 6) is 0. The standard InChI is InChI=1S/C12H12INOS/c1-8-12(16-7-14-8)11(15)6-9-2-4-10(13)5-3-9/h2-5,7,11,15H,6H2,1H3. The lowest BCUT2D eigenvalue weighted by Gasteiger charge is -2.09. The van der Waals surface area contributed by atoms with Gasteiger partial charge in [-0.2, -0.15) is 0 Å². The lowest BCUT2D eigenvalue weighted by molar-refractivity contribution is 0.181. The lowest BCUT2D eigenvalue weighted by Crippen LogP contribution is -2.01. The number of aryl methyl sites for hydroxylation is 1. The fraction of sp³-hybridized carbons (Fsp3) is 0.250. The van der Waals surface area contributed by atoms with Crippen LogP contribution in [-0.2, 0) is 6.42 Å². The zero-order chi connectivity index (χ0) is 11.5. The van der Waals surface area contributed by atoms with Gasteiger partial charge in [0.15, 0.2) is 0 Å². The van der Waals surface area contributed by atoms with Gasteiger partial charge in [-0.15, -0.1) is 11.3 Å². The number of aliphatic hydroxyl groups excluding tert-OH is 1. The van der Waals surface area contributed by atoms with E-state index in [-0.39, 0.29) is 0 Å². The third-order valence-electron chi connectivity index (χ3n) is 2.43. The van der Waals surface area contributed by atoms with Crippen LogP contribution >= 0.6 is 33.9 Å². The minimum atomic E-state index is -0.437. The Labute approximate surface area is 112 Å². The minimum Gasteiger partial charge on any atom is -0.387 e. The Hall–Kier alpha value is -0.460. The molecule has 0 aliphatic rings. The van der Waals surface area contributed by atoms with E-state index in [1.165, 1.54) is 14.9 Å². The largest absolute Gasteiger partial charge is 0.387 e. The second-order valence-corrected chi connectivity index (χ2v) is 5.78. The van der Waals surface area contributed by atoms with Crippen molar-refractivity contribution in [1.29, 1.82) is 0 Å². The van der Waals surface area contributed by atoms with Crippen molar-refractivity contribution >= 4 is 33.9 Å². The smallest absolute Gasteiger partial charge is 0.0940 e. The molecular weight excluding hydrogens is 333 g/mol. The third-order valence-corrected chi connectivity index (χ3v) is 4.18. The van der Waals surface area contributed by atoms with Crippen LogP contribution in [-0.4, -0.2) is 10.1 Å². The Bertz CT molecular complexity index is 466. The van der Waals surface area contributed by atoms with E-state index in [1.54, 1.807) is 5.51 Å². The summed E-state index contributed by atoms with van der Waals surface area (Å²) in [6.45, 7) is 1.93. The molecule has 0 aliphatic carbocycles. The maximum atomic E-state index is 10.1. The molecule has 0 radical (unpaired) electrons. The molecule has 1 atom stereocenters. The van der Waals surface area contributed by atoms with Gasteiger partial charge in [0.25, 0.3) is 0 Å². The van der Waals surface area contributed by atoms with Crippen LogP contribution in [0.3, 0.4) is 0 Å². The van der Waals surface area contributed by atoms with Crippen molar-refractivity contribution in [3.05, 3.63) is 49.5 Å². The normalized spacial score (nSPS) is 12.7. The van der Waals surface area contributed by atoms with Crippen molar-refractivity contribution in [2.75, 3.05) is 0 Å². The van der Waals surface area contributed by atoms with Gasteiger partial charge in [0.05, 0.1) is 22.2 Å². The van der Waals surface area contributed by atoms with E-state index in [1.807, 2.05) is 6.92 Å². The van der Waals surface area contributed by atoms with Crippen LogP contribution in [0, 0.1) is 10.5 Å². The Balaban J connectivity index is 2.10. The molecular formula is C12H12INOS. The second kappa shape index (κ2) is 5.25. The van der Waals surface area contributed by atoms with E-state index in [0.717, 1.165) is 16.1 Å². The monoisotopic (exact) mass is 345 g/mol. The van der Waals surface area contributed by atoms with Crippen LogP contribution in [0.25, 0.3) is 0 Å². The first-order chi connectivity index (χ1) is 7.66. The summed E-state index contributed by atoms with van der Waals surface area (Å²) < 4.78 is 1.21. The van der Waals surface area contributed by atoms with Crippen molar-refractivity contribution < 1.29 is 5.11 Å². The molecule has 1 aromatic heterocycles. The van der Waals surface area contributed by atoms with Gasteiger partial charge in [-0.05, 0) is 47.2 Å². The van der Waals surface area contributed by atoms with Crippen molar-refractivity contribution in [3.63, 3.8) is 0 Å². The van der Waals surface area contributed by atoms with E-state index in [0.29, 0.717) is 6.42 Å². The number of hydrogen-bond donors (Lipinski definition) is 1. The highest BCUT2D eigenvalue weighted by Crippen LogP contribution is 2.24. The summed E-state index contributed by atoms with van der Waals surface area (Å²) in [6.07, 6.45) is 0.215. The molecule has 0 fully saturated rings. The van der Waals surface area contributed by atoms with Crippen LogP contribution in [0.1, 0.15) is 22.2 Å². The van der Waals surface area contributed by atoms with E-state index in [9.17, 15) is 5.11 Å². The molecule has 1 aromatic carbocycles. The number of thiazole rings is 1. The van der Waals surface area contributed by atoms with Crippen LogP contribution < -0.4 is 0 Å². The number of nitrogens with zero attached hydrogens (tertiary/aromatic N) is 1. The first-order valence-electron chi connectivity index (χ1n) is 4.99. The van der Waals surface area contributed by atoms with Gasteiger partial charge >= 0.3 is 0 Å². The summed E-state index contributed by atoms with van der Waals surface area (Å²) in [7, 11) is 0. The highest BCUT2D eigenvalue weighted by Gasteiger charge is 2.13. The highest BCUT2D eigenvalue weighted by molar-refractivity contribution is 14.1. The average molecular weight is 345 g/mol. The molecule has 0 saturated heterocycles. The summed E-state index contributed by atoms with van der Waals surface area (Å²) >= 11 is 3.79. The second-order valence-electron chi connectivity index (χ2n) is 3.65. The topological polar surface area (TPSA) is 33.1 Å². The number of halogens is 1. The maximum absolute atomic E-state index is 10.1. The van der Waals surface area contributed by atoms with E-state index < -0.39 is 6.10 Å². The van der Waals surface area contributed by atoms with Crippen LogP contribution in [0.15, 0.2) is 29.8 Å². The zero-order valence-electron chi connectivity index (χ0n) is 8.85. The molecule has 1 N–H and O–H groups in total. The highest BCUT2D eigenvalue weighted by atomic mass is 127. The van der Waals surface area contributed by atoms with Gasteiger partial charge < -0.3 is 5.11 Å². The Kier molecular flexibility index (Phi) is 3.94. The third kappa shape index (κ3) is 2.81. The molecule has 2 aromatic rings. The van der Waals surface area contributed by atoms with Gasteiger partial charge in [-0.1, -0.05) is 12.1 Å². The number of rotatable bonds is 3. The summed E-state index contributed by atoms with van der Waals surface area (Å²) in [6, 6.07) is 8.23. The van der Waals surface area contributed by atoms with E-state index >= 15 is 0 Å². The van der Waals surface area contributed by atoms with Gasteiger partial charge in [-0.3, -0.25) is 0 Å². The number of aliphatic hydroxyl groups is 1. The van der Waals surface area contributed by atoms with Crippen molar-refractivity contribution in [3.8, 4) is 0 Å². The molecule has 0 aliphatic heterocycles. The molecule has 0 amide bonds.